The minimum absolute atomic E-state index is 0.0729. The molecule has 0 atom stereocenters. The molecule has 0 heterocycles. The molecule has 0 unspecified atom stereocenters. The van der Waals surface area contributed by atoms with Crippen LogP contribution in [0.5, 0.6) is 0 Å². The largest absolute Gasteiger partial charge is 0.398 e. The van der Waals surface area contributed by atoms with E-state index in [2.05, 4.69) is 0 Å². The molecule has 2 aromatic carbocycles. The Balaban J connectivity index is 2.68. The third-order valence-electron chi connectivity index (χ3n) is 2.75. The van der Waals surface area contributed by atoms with E-state index in [-0.39, 0.29) is 5.02 Å². The average Bonchev–Trinajstić information content (AvgIpc) is 2.29. The normalized spacial score (nSPS) is 10.5. The van der Waals surface area contributed by atoms with Crippen molar-refractivity contribution in [2.45, 2.75) is 6.92 Å². The molecule has 0 saturated carbocycles. The van der Waals surface area contributed by atoms with Crippen LogP contribution in [0, 0.1) is 12.7 Å². The van der Waals surface area contributed by atoms with Gasteiger partial charge in [0.05, 0.1) is 5.02 Å². The third kappa shape index (κ3) is 2.06. The van der Waals surface area contributed by atoms with Crippen LogP contribution in [0.1, 0.15) is 5.56 Å². The van der Waals surface area contributed by atoms with Crippen molar-refractivity contribution in [3.8, 4) is 11.1 Å². The molecule has 0 radical (unpaired) electrons. The Bertz CT molecular complexity index is 582. The molecule has 4 heteroatoms. The van der Waals surface area contributed by atoms with Crippen molar-refractivity contribution in [2.24, 2.45) is 0 Å². The molecular weight excluding hydrogens is 239 g/mol. The maximum atomic E-state index is 13.1. The highest BCUT2D eigenvalue weighted by Crippen LogP contribution is 2.34. The molecule has 0 saturated heterocycles. The van der Waals surface area contributed by atoms with E-state index in [1.165, 1.54) is 6.07 Å². The van der Waals surface area contributed by atoms with Gasteiger partial charge in [0.25, 0.3) is 0 Å². The molecule has 0 aliphatic heterocycles. The summed E-state index contributed by atoms with van der Waals surface area (Å²) in [5.74, 6) is -0.449. The minimum Gasteiger partial charge on any atom is -0.398 e. The summed E-state index contributed by atoms with van der Waals surface area (Å²) in [7, 11) is 0. The Kier molecular flexibility index (Phi) is 2.94. The molecule has 0 fully saturated rings. The maximum absolute atomic E-state index is 13.1. The number of halogens is 2. The highest BCUT2D eigenvalue weighted by molar-refractivity contribution is 6.31. The summed E-state index contributed by atoms with van der Waals surface area (Å²) in [6.45, 7) is 1.87. The number of rotatable bonds is 1. The summed E-state index contributed by atoms with van der Waals surface area (Å²) in [6, 6.07) is 7.99. The van der Waals surface area contributed by atoms with Gasteiger partial charge in [0.1, 0.15) is 5.82 Å². The Labute approximate surface area is 104 Å². The SMILES string of the molecule is Cc1c(N)ccc(N)c1-c1ccc(F)c(Cl)c1. The van der Waals surface area contributed by atoms with E-state index < -0.39 is 5.82 Å². The topological polar surface area (TPSA) is 52.0 Å². The van der Waals surface area contributed by atoms with E-state index in [0.29, 0.717) is 11.4 Å². The summed E-state index contributed by atoms with van der Waals surface area (Å²) >= 11 is 5.76. The van der Waals surface area contributed by atoms with Gasteiger partial charge in [-0.2, -0.15) is 0 Å². The zero-order chi connectivity index (χ0) is 12.6. The lowest BCUT2D eigenvalue weighted by Crippen LogP contribution is -1.98. The van der Waals surface area contributed by atoms with Crippen molar-refractivity contribution in [3.63, 3.8) is 0 Å². The molecule has 2 aromatic rings. The number of hydrogen-bond donors (Lipinski definition) is 2. The van der Waals surface area contributed by atoms with E-state index in [0.717, 1.165) is 16.7 Å². The van der Waals surface area contributed by atoms with Gasteiger partial charge in [-0.05, 0) is 42.3 Å². The molecular formula is C13H12ClFN2. The van der Waals surface area contributed by atoms with Gasteiger partial charge in [-0.3, -0.25) is 0 Å². The monoisotopic (exact) mass is 250 g/mol. The predicted molar refractivity (Wildman–Crippen MR) is 70.4 cm³/mol. The van der Waals surface area contributed by atoms with Crippen LogP contribution in [0.4, 0.5) is 15.8 Å². The first-order valence-electron chi connectivity index (χ1n) is 5.10. The van der Waals surface area contributed by atoms with Gasteiger partial charge < -0.3 is 11.5 Å². The van der Waals surface area contributed by atoms with Crippen LogP contribution in [0.25, 0.3) is 11.1 Å². The van der Waals surface area contributed by atoms with Gasteiger partial charge >= 0.3 is 0 Å². The highest BCUT2D eigenvalue weighted by atomic mass is 35.5. The molecule has 2 nitrogen and oxygen atoms in total. The van der Waals surface area contributed by atoms with Crippen LogP contribution in [0.2, 0.25) is 5.02 Å². The highest BCUT2D eigenvalue weighted by Gasteiger charge is 2.10. The van der Waals surface area contributed by atoms with Crippen molar-refractivity contribution in [3.05, 3.63) is 46.7 Å². The molecule has 88 valence electrons. The second kappa shape index (κ2) is 4.26. The van der Waals surface area contributed by atoms with Crippen LogP contribution < -0.4 is 11.5 Å². The van der Waals surface area contributed by atoms with E-state index in [1.807, 2.05) is 6.92 Å². The van der Waals surface area contributed by atoms with Crippen LogP contribution in [0.15, 0.2) is 30.3 Å². The quantitative estimate of drug-likeness (QED) is 0.760. The van der Waals surface area contributed by atoms with Crippen molar-refractivity contribution >= 4 is 23.0 Å². The van der Waals surface area contributed by atoms with Gasteiger partial charge in [-0.25, -0.2) is 4.39 Å². The number of nitrogens with two attached hydrogens (primary N) is 2. The fourth-order valence-corrected chi connectivity index (χ4v) is 1.96. The summed E-state index contributed by atoms with van der Waals surface area (Å²) < 4.78 is 13.1. The van der Waals surface area contributed by atoms with Crippen LogP contribution >= 0.6 is 11.6 Å². The van der Waals surface area contributed by atoms with Crippen molar-refractivity contribution in [1.29, 1.82) is 0 Å². The Morgan fingerprint density at radius 2 is 1.71 bits per heavy atom. The molecule has 0 aliphatic carbocycles. The van der Waals surface area contributed by atoms with E-state index >= 15 is 0 Å². The summed E-state index contributed by atoms with van der Waals surface area (Å²) in [4.78, 5) is 0. The fraction of sp³-hybridized carbons (Fsp3) is 0.0769. The second-order valence-corrected chi connectivity index (χ2v) is 4.28. The van der Waals surface area contributed by atoms with E-state index in [1.54, 1.807) is 24.3 Å². The van der Waals surface area contributed by atoms with E-state index in [4.69, 9.17) is 23.1 Å². The first-order chi connectivity index (χ1) is 8.00. The van der Waals surface area contributed by atoms with Crippen LogP contribution in [-0.4, -0.2) is 0 Å². The molecule has 2 rings (SSSR count). The van der Waals surface area contributed by atoms with Crippen LogP contribution in [-0.2, 0) is 0 Å². The standard InChI is InChI=1S/C13H12ClFN2/c1-7-11(16)4-5-12(17)13(7)8-2-3-10(15)9(14)6-8/h2-6H,16-17H2,1H3. The summed E-state index contributed by atoms with van der Waals surface area (Å²) in [5, 5.41) is 0.0729. The number of anilines is 2. The van der Waals surface area contributed by atoms with Gasteiger partial charge in [-0.1, -0.05) is 17.7 Å². The average molecular weight is 251 g/mol. The molecule has 0 aromatic heterocycles. The third-order valence-corrected chi connectivity index (χ3v) is 3.04. The molecule has 0 spiro atoms. The minimum atomic E-state index is -0.449. The summed E-state index contributed by atoms with van der Waals surface area (Å²) in [5.41, 5.74) is 15.4. The fourth-order valence-electron chi connectivity index (χ4n) is 1.78. The van der Waals surface area contributed by atoms with E-state index in [9.17, 15) is 4.39 Å². The smallest absolute Gasteiger partial charge is 0.141 e. The van der Waals surface area contributed by atoms with Crippen LogP contribution in [0.3, 0.4) is 0 Å². The van der Waals surface area contributed by atoms with Gasteiger partial charge in [-0.15, -0.1) is 0 Å². The first kappa shape index (κ1) is 11.7. The Morgan fingerprint density at radius 1 is 1.06 bits per heavy atom. The number of hydrogen-bond acceptors (Lipinski definition) is 2. The molecule has 17 heavy (non-hydrogen) atoms. The van der Waals surface area contributed by atoms with Gasteiger partial charge in [0.15, 0.2) is 0 Å². The molecule has 0 amide bonds. The lowest BCUT2D eigenvalue weighted by atomic mass is 9.97. The molecule has 0 bridgehead atoms. The zero-order valence-corrected chi connectivity index (χ0v) is 10.1. The summed E-state index contributed by atoms with van der Waals surface area (Å²) in [6.07, 6.45) is 0. The number of benzene rings is 2. The Hall–Kier alpha value is -1.74. The Morgan fingerprint density at radius 3 is 2.35 bits per heavy atom. The lowest BCUT2D eigenvalue weighted by molar-refractivity contribution is 0.628. The molecule has 4 N–H and O–H groups in total. The van der Waals surface area contributed by atoms with Crippen molar-refractivity contribution in [1.82, 2.24) is 0 Å². The second-order valence-electron chi connectivity index (χ2n) is 3.87. The van der Waals surface area contributed by atoms with Gasteiger partial charge in [0.2, 0.25) is 0 Å². The zero-order valence-electron chi connectivity index (χ0n) is 9.30. The van der Waals surface area contributed by atoms with Crippen molar-refractivity contribution < 1.29 is 4.39 Å². The number of nitrogen functional groups attached to an aromatic ring is 2. The lowest BCUT2D eigenvalue weighted by Gasteiger charge is -2.12. The maximum Gasteiger partial charge on any atom is 0.141 e. The first-order valence-corrected chi connectivity index (χ1v) is 5.48. The predicted octanol–water partition coefficient (Wildman–Crippen LogP) is 3.62. The molecule has 0 aliphatic rings. The van der Waals surface area contributed by atoms with Crippen molar-refractivity contribution in [2.75, 3.05) is 11.5 Å². The van der Waals surface area contributed by atoms with Gasteiger partial charge in [0, 0.05) is 16.9 Å².